The number of hydrogen-bond donors (Lipinski definition) is 1. The Labute approximate surface area is 114 Å². The lowest BCUT2D eigenvalue weighted by Crippen LogP contribution is -2.06. The van der Waals surface area contributed by atoms with Gasteiger partial charge in [-0.2, -0.15) is 0 Å². The fraction of sp³-hybridized carbons (Fsp3) is 0.231. The third kappa shape index (κ3) is 2.91. The topological polar surface area (TPSA) is 50.2 Å². The van der Waals surface area contributed by atoms with Crippen molar-refractivity contribution in [2.24, 2.45) is 0 Å². The fourth-order valence-electron chi connectivity index (χ4n) is 1.53. The zero-order chi connectivity index (χ0) is 13.1. The quantitative estimate of drug-likeness (QED) is 0.925. The van der Waals surface area contributed by atoms with Crippen LogP contribution in [-0.2, 0) is 4.79 Å². The average Bonchev–Trinajstić information content (AvgIpc) is 2.70. The molecule has 0 aliphatic rings. The molecule has 2 rings (SSSR count). The van der Waals surface area contributed by atoms with Crippen molar-refractivity contribution in [1.29, 1.82) is 0 Å². The molecule has 1 heterocycles. The number of aromatic nitrogens is 1. The van der Waals surface area contributed by atoms with Gasteiger partial charge in [0.15, 0.2) is 4.34 Å². The van der Waals surface area contributed by atoms with Crippen LogP contribution in [0, 0.1) is 6.92 Å². The lowest BCUT2D eigenvalue weighted by Gasteiger charge is -2.02. The second kappa shape index (κ2) is 5.54. The van der Waals surface area contributed by atoms with Gasteiger partial charge in [-0.15, -0.1) is 11.3 Å². The highest BCUT2D eigenvalue weighted by molar-refractivity contribution is 8.01. The van der Waals surface area contributed by atoms with E-state index in [1.54, 1.807) is 18.7 Å². The molecule has 0 bridgehead atoms. The van der Waals surface area contributed by atoms with Crippen LogP contribution in [0.25, 0.3) is 0 Å². The molecule has 0 radical (unpaired) electrons. The van der Waals surface area contributed by atoms with Crippen LogP contribution in [0.2, 0.25) is 0 Å². The van der Waals surface area contributed by atoms with Crippen LogP contribution in [0.4, 0.5) is 0 Å². The standard InChI is InChI=1S/C13H13NO2S2/c1-8(12(15)16)11-9(2)14-13(18-11)17-10-6-4-3-5-7-10/h3-8H,1-2H3,(H,15,16). The summed E-state index contributed by atoms with van der Waals surface area (Å²) in [6.07, 6.45) is 0. The Balaban J connectivity index is 2.22. The number of aliphatic carboxylic acids is 1. The van der Waals surface area contributed by atoms with Crippen molar-refractivity contribution in [3.8, 4) is 0 Å². The summed E-state index contributed by atoms with van der Waals surface area (Å²) in [5, 5.41) is 9.03. The first-order chi connectivity index (χ1) is 8.58. The lowest BCUT2D eigenvalue weighted by atomic mass is 10.1. The molecule has 94 valence electrons. The second-order valence-electron chi connectivity index (χ2n) is 3.90. The predicted octanol–water partition coefficient (Wildman–Crippen LogP) is 3.79. The minimum atomic E-state index is -0.807. The van der Waals surface area contributed by atoms with E-state index in [4.69, 9.17) is 5.11 Å². The van der Waals surface area contributed by atoms with Crippen LogP contribution in [-0.4, -0.2) is 16.1 Å². The van der Waals surface area contributed by atoms with E-state index in [2.05, 4.69) is 4.98 Å². The zero-order valence-corrected chi connectivity index (χ0v) is 11.7. The lowest BCUT2D eigenvalue weighted by molar-refractivity contribution is -0.138. The summed E-state index contributed by atoms with van der Waals surface area (Å²) in [7, 11) is 0. The maximum absolute atomic E-state index is 11.0. The molecule has 1 aromatic heterocycles. The van der Waals surface area contributed by atoms with Crippen LogP contribution in [0.15, 0.2) is 39.6 Å². The Bertz CT molecular complexity index is 551. The summed E-state index contributed by atoms with van der Waals surface area (Å²) in [6.45, 7) is 3.56. The van der Waals surface area contributed by atoms with Gasteiger partial charge in [0.2, 0.25) is 0 Å². The Morgan fingerprint density at radius 1 is 1.39 bits per heavy atom. The molecule has 1 aromatic carbocycles. The number of rotatable bonds is 4. The van der Waals surface area contributed by atoms with Gasteiger partial charge in [0.1, 0.15) is 0 Å². The minimum absolute atomic E-state index is 0.493. The van der Waals surface area contributed by atoms with E-state index < -0.39 is 11.9 Å². The van der Waals surface area contributed by atoms with Crippen molar-refractivity contribution in [2.75, 3.05) is 0 Å². The van der Waals surface area contributed by atoms with Gasteiger partial charge in [0.25, 0.3) is 0 Å². The molecule has 0 saturated heterocycles. The molecule has 0 spiro atoms. The van der Waals surface area contributed by atoms with Gasteiger partial charge in [-0.05, 0) is 26.0 Å². The van der Waals surface area contributed by atoms with Crippen LogP contribution in [0.3, 0.4) is 0 Å². The molecule has 1 atom stereocenters. The number of carboxylic acid groups (broad SMARTS) is 1. The summed E-state index contributed by atoms with van der Waals surface area (Å²) >= 11 is 3.03. The van der Waals surface area contributed by atoms with Crippen LogP contribution in [0.1, 0.15) is 23.4 Å². The first-order valence-electron chi connectivity index (χ1n) is 5.51. The summed E-state index contributed by atoms with van der Waals surface area (Å²) in [5.74, 6) is -1.30. The third-order valence-electron chi connectivity index (χ3n) is 2.52. The number of carboxylic acids is 1. The van der Waals surface area contributed by atoms with E-state index >= 15 is 0 Å². The highest BCUT2D eigenvalue weighted by Crippen LogP contribution is 2.35. The normalized spacial score (nSPS) is 12.3. The molecule has 0 aliphatic carbocycles. The molecule has 5 heteroatoms. The summed E-state index contributed by atoms with van der Waals surface area (Å²) < 4.78 is 0.891. The first-order valence-corrected chi connectivity index (χ1v) is 7.14. The summed E-state index contributed by atoms with van der Waals surface area (Å²) in [4.78, 5) is 17.4. The van der Waals surface area contributed by atoms with Crippen molar-refractivity contribution >= 4 is 29.1 Å². The Morgan fingerprint density at radius 2 is 2.06 bits per heavy atom. The number of nitrogens with zero attached hydrogens (tertiary/aromatic N) is 1. The molecule has 0 amide bonds. The number of hydrogen-bond acceptors (Lipinski definition) is 4. The molecule has 0 aliphatic heterocycles. The Kier molecular flexibility index (Phi) is 4.04. The number of benzene rings is 1. The van der Waals surface area contributed by atoms with Gasteiger partial charge in [-0.25, -0.2) is 4.98 Å². The summed E-state index contributed by atoms with van der Waals surface area (Å²) in [5.41, 5.74) is 0.813. The second-order valence-corrected chi connectivity index (χ2v) is 6.26. The van der Waals surface area contributed by atoms with E-state index in [0.29, 0.717) is 0 Å². The SMILES string of the molecule is Cc1nc(Sc2ccccc2)sc1C(C)C(=O)O. The van der Waals surface area contributed by atoms with E-state index in [1.807, 2.05) is 37.3 Å². The van der Waals surface area contributed by atoms with Crippen molar-refractivity contribution in [1.82, 2.24) is 4.98 Å². The molecular weight excluding hydrogens is 266 g/mol. The molecule has 2 aromatic rings. The Morgan fingerprint density at radius 3 is 2.67 bits per heavy atom. The van der Waals surface area contributed by atoms with Crippen LogP contribution in [0.5, 0.6) is 0 Å². The zero-order valence-electron chi connectivity index (χ0n) is 10.1. The molecule has 1 N–H and O–H groups in total. The average molecular weight is 279 g/mol. The fourth-order valence-corrected chi connectivity index (χ4v) is 3.77. The van der Waals surface area contributed by atoms with Crippen molar-refractivity contribution < 1.29 is 9.90 Å². The van der Waals surface area contributed by atoms with Crippen LogP contribution >= 0.6 is 23.1 Å². The maximum atomic E-state index is 11.0. The summed E-state index contributed by atoms with van der Waals surface area (Å²) in [6, 6.07) is 9.95. The molecule has 0 saturated carbocycles. The molecular formula is C13H13NO2S2. The van der Waals surface area contributed by atoms with Crippen LogP contribution < -0.4 is 0 Å². The molecule has 3 nitrogen and oxygen atoms in total. The Hall–Kier alpha value is -1.33. The van der Waals surface area contributed by atoms with Crippen molar-refractivity contribution in [3.63, 3.8) is 0 Å². The van der Waals surface area contributed by atoms with Gasteiger partial charge in [-0.1, -0.05) is 30.0 Å². The van der Waals surface area contributed by atoms with E-state index in [1.165, 1.54) is 11.3 Å². The third-order valence-corrected chi connectivity index (χ3v) is 4.93. The highest BCUT2D eigenvalue weighted by atomic mass is 32.2. The van der Waals surface area contributed by atoms with Gasteiger partial charge in [0, 0.05) is 9.77 Å². The smallest absolute Gasteiger partial charge is 0.311 e. The number of thiazole rings is 1. The minimum Gasteiger partial charge on any atom is -0.481 e. The van der Waals surface area contributed by atoms with Gasteiger partial charge in [-0.3, -0.25) is 4.79 Å². The number of aryl methyl sites for hydroxylation is 1. The number of carbonyl (C=O) groups is 1. The van der Waals surface area contributed by atoms with E-state index in [-0.39, 0.29) is 0 Å². The van der Waals surface area contributed by atoms with Crippen molar-refractivity contribution in [2.45, 2.75) is 29.0 Å². The monoisotopic (exact) mass is 279 g/mol. The van der Waals surface area contributed by atoms with Gasteiger partial charge >= 0.3 is 5.97 Å². The van der Waals surface area contributed by atoms with Crippen molar-refractivity contribution in [3.05, 3.63) is 40.9 Å². The van der Waals surface area contributed by atoms with Gasteiger partial charge < -0.3 is 5.11 Å². The first kappa shape index (κ1) is 13.1. The highest BCUT2D eigenvalue weighted by Gasteiger charge is 2.20. The maximum Gasteiger partial charge on any atom is 0.311 e. The largest absolute Gasteiger partial charge is 0.481 e. The molecule has 1 unspecified atom stereocenters. The molecule has 18 heavy (non-hydrogen) atoms. The van der Waals surface area contributed by atoms with Gasteiger partial charge in [0.05, 0.1) is 11.6 Å². The molecule has 0 fully saturated rings. The van der Waals surface area contributed by atoms with E-state index in [0.717, 1.165) is 19.8 Å². The predicted molar refractivity (Wildman–Crippen MR) is 73.5 cm³/mol. The van der Waals surface area contributed by atoms with E-state index in [9.17, 15) is 4.79 Å².